The second-order valence-corrected chi connectivity index (χ2v) is 9.55. The largest absolute Gasteiger partial charge is 0.342 e. The molecule has 28 heavy (non-hydrogen) atoms. The van der Waals surface area contributed by atoms with E-state index in [1.54, 1.807) is 17.0 Å². The molecule has 1 aromatic heterocycles. The van der Waals surface area contributed by atoms with Crippen LogP contribution in [0.25, 0.3) is 11.0 Å². The van der Waals surface area contributed by atoms with Crippen LogP contribution in [0.5, 0.6) is 0 Å². The van der Waals surface area contributed by atoms with Crippen LogP contribution in [0.15, 0.2) is 47.4 Å². The Hall–Kier alpha value is -2.67. The van der Waals surface area contributed by atoms with Crippen molar-refractivity contribution in [1.29, 1.82) is 0 Å². The van der Waals surface area contributed by atoms with Gasteiger partial charge in [0.2, 0.25) is 0 Å². The molecule has 0 aliphatic carbocycles. The number of amides is 1. The van der Waals surface area contributed by atoms with Crippen molar-refractivity contribution in [2.45, 2.75) is 30.6 Å². The van der Waals surface area contributed by atoms with Crippen molar-refractivity contribution in [3.8, 4) is 0 Å². The van der Waals surface area contributed by atoms with E-state index in [2.05, 4.69) is 11.1 Å². The number of hydrogen-bond acceptors (Lipinski definition) is 4. The van der Waals surface area contributed by atoms with Crippen molar-refractivity contribution < 1.29 is 13.2 Å². The van der Waals surface area contributed by atoms with E-state index in [1.807, 2.05) is 19.1 Å². The van der Waals surface area contributed by atoms with E-state index in [-0.39, 0.29) is 16.7 Å². The molecule has 1 amide bonds. The topological polar surface area (TPSA) is 83.1 Å². The molecule has 3 aromatic rings. The molecular formula is C21H23N3O3S. The van der Waals surface area contributed by atoms with Crippen LogP contribution in [0.4, 0.5) is 0 Å². The normalized spacial score (nSPS) is 17.8. The van der Waals surface area contributed by atoms with Crippen LogP contribution in [0.2, 0.25) is 0 Å². The van der Waals surface area contributed by atoms with E-state index in [9.17, 15) is 13.2 Å². The lowest BCUT2D eigenvalue weighted by atomic mass is 9.96. The van der Waals surface area contributed by atoms with Gasteiger partial charge >= 0.3 is 0 Å². The second kappa shape index (κ2) is 7.05. The van der Waals surface area contributed by atoms with Crippen molar-refractivity contribution in [2.24, 2.45) is 0 Å². The molecule has 6 nitrogen and oxygen atoms in total. The Morgan fingerprint density at radius 1 is 1.21 bits per heavy atom. The van der Waals surface area contributed by atoms with Gasteiger partial charge in [0.15, 0.2) is 9.84 Å². The maximum absolute atomic E-state index is 13.0. The molecule has 7 heteroatoms. The maximum atomic E-state index is 13.0. The van der Waals surface area contributed by atoms with E-state index < -0.39 is 9.84 Å². The van der Waals surface area contributed by atoms with Gasteiger partial charge in [0, 0.05) is 30.8 Å². The standard InChI is InChI=1S/C21H23N3O3S/c1-14-8-9-18-19(11-14)23-20(22-18)16-6-4-10-24(13-16)21(25)15-5-3-7-17(12-15)28(2,26)27/h3,5,7-9,11-12,16H,4,6,10,13H2,1-2H3,(H,22,23)/t16-/m1/s1. The summed E-state index contributed by atoms with van der Waals surface area (Å²) in [6.07, 6.45) is 3.00. The molecule has 0 bridgehead atoms. The smallest absolute Gasteiger partial charge is 0.253 e. The highest BCUT2D eigenvalue weighted by molar-refractivity contribution is 7.90. The molecule has 146 valence electrons. The minimum Gasteiger partial charge on any atom is -0.342 e. The number of sulfone groups is 1. The lowest BCUT2D eigenvalue weighted by Gasteiger charge is -2.32. The summed E-state index contributed by atoms with van der Waals surface area (Å²) in [7, 11) is -3.35. The average Bonchev–Trinajstić information content (AvgIpc) is 3.10. The van der Waals surface area contributed by atoms with Crippen LogP contribution < -0.4 is 0 Å². The number of piperidine rings is 1. The number of fused-ring (bicyclic) bond motifs is 1. The molecule has 1 aliphatic heterocycles. The Bertz CT molecular complexity index is 1150. The highest BCUT2D eigenvalue weighted by Gasteiger charge is 2.27. The molecule has 0 saturated carbocycles. The molecule has 1 N–H and O–H groups in total. The zero-order valence-electron chi connectivity index (χ0n) is 16.0. The first-order chi connectivity index (χ1) is 13.3. The first kappa shape index (κ1) is 18.7. The molecule has 2 heterocycles. The zero-order valence-corrected chi connectivity index (χ0v) is 16.8. The minimum absolute atomic E-state index is 0.137. The summed E-state index contributed by atoms with van der Waals surface area (Å²) in [6.45, 7) is 3.28. The fourth-order valence-electron chi connectivity index (χ4n) is 3.76. The molecule has 4 rings (SSSR count). The number of aryl methyl sites for hydroxylation is 1. The van der Waals surface area contributed by atoms with Crippen molar-refractivity contribution >= 4 is 26.8 Å². The molecule has 1 aliphatic rings. The molecule has 2 aromatic carbocycles. The third-order valence-electron chi connectivity index (χ3n) is 5.26. The van der Waals surface area contributed by atoms with Crippen LogP contribution in [0, 0.1) is 6.92 Å². The van der Waals surface area contributed by atoms with Gasteiger partial charge in [-0.2, -0.15) is 0 Å². The van der Waals surface area contributed by atoms with Crippen LogP contribution in [-0.4, -0.2) is 48.5 Å². The van der Waals surface area contributed by atoms with Gasteiger partial charge in [0.1, 0.15) is 5.82 Å². The van der Waals surface area contributed by atoms with Gasteiger partial charge in [-0.05, 0) is 55.7 Å². The van der Waals surface area contributed by atoms with Crippen molar-refractivity contribution in [3.05, 3.63) is 59.4 Å². The van der Waals surface area contributed by atoms with Crippen LogP contribution in [0.1, 0.15) is 40.5 Å². The summed E-state index contributed by atoms with van der Waals surface area (Å²) in [5.41, 5.74) is 3.53. The Morgan fingerprint density at radius 3 is 2.82 bits per heavy atom. The number of rotatable bonds is 3. The van der Waals surface area contributed by atoms with Gasteiger partial charge < -0.3 is 9.88 Å². The Morgan fingerprint density at radius 2 is 2.04 bits per heavy atom. The number of H-pyrrole nitrogens is 1. The molecule has 1 saturated heterocycles. The van der Waals surface area contributed by atoms with Gasteiger partial charge in [0.05, 0.1) is 15.9 Å². The Balaban J connectivity index is 1.57. The number of imidazole rings is 1. The summed E-state index contributed by atoms with van der Waals surface area (Å²) < 4.78 is 23.6. The first-order valence-electron chi connectivity index (χ1n) is 9.37. The number of benzene rings is 2. The quantitative estimate of drug-likeness (QED) is 0.735. The van der Waals surface area contributed by atoms with Crippen LogP contribution in [0.3, 0.4) is 0 Å². The molecule has 0 unspecified atom stereocenters. The van der Waals surface area contributed by atoms with Gasteiger partial charge in [0.25, 0.3) is 5.91 Å². The summed E-state index contributed by atoms with van der Waals surface area (Å²) in [6, 6.07) is 12.4. The molecule has 1 atom stereocenters. The van der Waals surface area contributed by atoms with Gasteiger partial charge in [-0.1, -0.05) is 12.1 Å². The summed E-state index contributed by atoms with van der Waals surface area (Å²) >= 11 is 0. The van der Waals surface area contributed by atoms with Crippen molar-refractivity contribution in [3.63, 3.8) is 0 Å². The average molecular weight is 398 g/mol. The number of nitrogens with zero attached hydrogens (tertiary/aromatic N) is 2. The predicted molar refractivity (Wildman–Crippen MR) is 108 cm³/mol. The lowest BCUT2D eigenvalue weighted by molar-refractivity contribution is 0.0704. The van der Waals surface area contributed by atoms with E-state index in [1.165, 1.54) is 17.7 Å². The predicted octanol–water partition coefficient (Wildman–Crippen LogP) is 3.29. The number of likely N-dealkylation sites (tertiary alicyclic amines) is 1. The monoisotopic (exact) mass is 397 g/mol. The number of aromatic amines is 1. The number of nitrogens with one attached hydrogen (secondary N) is 1. The van der Waals surface area contributed by atoms with Gasteiger partial charge in [-0.25, -0.2) is 13.4 Å². The fraction of sp³-hybridized carbons (Fsp3) is 0.333. The highest BCUT2D eigenvalue weighted by Crippen LogP contribution is 2.28. The third kappa shape index (κ3) is 3.67. The number of hydrogen-bond donors (Lipinski definition) is 1. The summed E-state index contributed by atoms with van der Waals surface area (Å²) in [4.78, 5) is 23.1. The minimum atomic E-state index is -3.35. The maximum Gasteiger partial charge on any atom is 0.253 e. The Kier molecular flexibility index (Phi) is 4.71. The molecule has 0 spiro atoms. The van der Waals surface area contributed by atoms with E-state index in [4.69, 9.17) is 4.98 Å². The van der Waals surface area contributed by atoms with Gasteiger partial charge in [-0.15, -0.1) is 0 Å². The molecular weight excluding hydrogens is 374 g/mol. The highest BCUT2D eigenvalue weighted by atomic mass is 32.2. The van der Waals surface area contributed by atoms with E-state index in [0.717, 1.165) is 36.0 Å². The SMILES string of the molecule is Cc1ccc2nc([C@@H]3CCCN(C(=O)c4cccc(S(C)(=O)=O)c4)C3)[nH]c2c1. The van der Waals surface area contributed by atoms with E-state index >= 15 is 0 Å². The second-order valence-electron chi connectivity index (χ2n) is 7.53. The van der Waals surface area contributed by atoms with Gasteiger partial charge in [-0.3, -0.25) is 4.79 Å². The fourth-order valence-corrected chi connectivity index (χ4v) is 4.43. The third-order valence-corrected chi connectivity index (χ3v) is 6.37. The Labute approximate surface area is 164 Å². The van der Waals surface area contributed by atoms with Crippen LogP contribution in [-0.2, 0) is 9.84 Å². The zero-order chi connectivity index (χ0) is 19.9. The summed E-state index contributed by atoms with van der Waals surface area (Å²) in [5, 5.41) is 0. The number of aromatic nitrogens is 2. The summed E-state index contributed by atoms with van der Waals surface area (Å²) in [5.74, 6) is 0.911. The van der Waals surface area contributed by atoms with Crippen molar-refractivity contribution in [2.75, 3.05) is 19.3 Å². The molecule has 0 radical (unpaired) electrons. The van der Waals surface area contributed by atoms with Crippen molar-refractivity contribution in [1.82, 2.24) is 14.9 Å². The molecule has 1 fully saturated rings. The van der Waals surface area contributed by atoms with E-state index in [0.29, 0.717) is 18.7 Å². The van der Waals surface area contributed by atoms with Crippen LogP contribution >= 0.6 is 0 Å². The number of carbonyl (C=O) groups excluding carboxylic acids is 1. The lowest BCUT2D eigenvalue weighted by Crippen LogP contribution is -2.39. The first-order valence-corrected chi connectivity index (χ1v) is 11.3. The number of carbonyl (C=O) groups is 1.